The molecule has 0 radical (unpaired) electrons. The van der Waals surface area contributed by atoms with Crippen LogP contribution in [0.5, 0.6) is 5.75 Å². The van der Waals surface area contributed by atoms with Gasteiger partial charge in [0.25, 0.3) is 0 Å². The molecule has 1 aliphatic rings. The number of aromatic hydroxyl groups is 1. The molecule has 0 spiro atoms. The number of hydrogen-bond acceptors (Lipinski definition) is 3. The number of benzene rings is 1. The Hall–Kier alpha value is -1.06. The van der Waals surface area contributed by atoms with Gasteiger partial charge in [0, 0.05) is 24.8 Å². The molecule has 0 amide bonds. The van der Waals surface area contributed by atoms with Crippen molar-refractivity contribution in [2.24, 2.45) is 5.92 Å². The Morgan fingerprint density at radius 3 is 2.58 bits per heavy atom. The first-order valence-corrected chi connectivity index (χ1v) is 7.42. The van der Waals surface area contributed by atoms with Crippen molar-refractivity contribution < 1.29 is 10.2 Å². The van der Waals surface area contributed by atoms with Crippen LogP contribution in [-0.2, 0) is 6.54 Å². The maximum absolute atomic E-state index is 9.77. The van der Waals surface area contributed by atoms with E-state index in [-0.39, 0.29) is 6.61 Å². The number of phenols is 1. The predicted octanol–water partition coefficient (Wildman–Crippen LogP) is 2.81. The number of aliphatic hydroxyl groups excluding tert-OH is 1. The first-order valence-electron chi connectivity index (χ1n) is 7.42. The second-order valence-electron chi connectivity index (χ2n) is 5.53. The van der Waals surface area contributed by atoms with Crippen molar-refractivity contribution in [3.8, 4) is 5.75 Å². The van der Waals surface area contributed by atoms with Crippen molar-refractivity contribution in [2.45, 2.75) is 51.1 Å². The van der Waals surface area contributed by atoms with E-state index in [1.807, 2.05) is 18.2 Å². The Morgan fingerprint density at radius 1 is 1.16 bits per heavy atom. The zero-order chi connectivity index (χ0) is 13.5. The quantitative estimate of drug-likeness (QED) is 0.739. The van der Waals surface area contributed by atoms with Crippen LogP contribution in [0.3, 0.4) is 0 Å². The molecule has 0 aliphatic heterocycles. The Bertz CT molecular complexity index is 375. The van der Waals surface area contributed by atoms with Crippen molar-refractivity contribution in [3.05, 3.63) is 29.8 Å². The van der Waals surface area contributed by atoms with Crippen LogP contribution in [0, 0.1) is 5.92 Å². The van der Waals surface area contributed by atoms with Gasteiger partial charge in [0.15, 0.2) is 0 Å². The molecule has 1 aromatic rings. The number of rotatable bonds is 6. The molecule has 1 saturated carbocycles. The third-order valence-electron chi connectivity index (χ3n) is 4.21. The van der Waals surface area contributed by atoms with Gasteiger partial charge in [-0.05, 0) is 31.2 Å². The Labute approximate surface area is 115 Å². The summed E-state index contributed by atoms with van der Waals surface area (Å²) >= 11 is 0. The van der Waals surface area contributed by atoms with E-state index in [0.29, 0.717) is 24.3 Å². The summed E-state index contributed by atoms with van der Waals surface area (Å²) in [5, 5.41) is 22.5. The fourth-order valence-corrected chi connectivity index (χ4v) is 3.08. The van der Waals surface area contributed by atoms with Gasteiger partial charge in [-0.3, -0.25) is 0 Å². The normalized spacial score (nSPS) is 18.4. The van der Waals surface area contributed by atoms with Gasteiger partial charge in [-0.2, -0.15) is 0 Å². The van der Waals surface area contributed by atoms with Crippen LogP contribution in [-0.4, -0.2) is 22.9 Å². The van der Waals surface area contributed by atoms with Crippen LogP contribution >= 0.6 is 0 Å². The smallest absolute Gasteiger partial charge is 0.120 e. The number of para-hydroxylation sites is 1. The SMILES string of the molecule is OCCC(NCc1ccccc1O)C1CCCCC1. The molecule has 0 aromatic heterocycles. The predicted molar refractivity (Wildman–Crippen MR) is 77.0 cm³/mol. The summed E-state index contributed by atoms with van der Waals surface area (Å²) in [5.74, 6) is 1.02. The molecule has 106 valence electrons. The summed E-state index contributed by atoms with van der Waals surface area (Å²) in [7, 11) is 0. The van der Waals surface area contributed by atoms with Crippen LogP contribution in [0.1, 0.15) is 44.1 Å². The van der Waals surface area contributed by atoms with E-state index in [2.05, 4.69) is 5.32 Å². The van der Waals surface area contributed by atoms with E-state index < -0.39 is 0 Å². The highest BCUT2D eigenvalue weighted by Crippen LogP contribution is 2.28. The summed E-state index contributed by atoms with van der Waals surface area (Å²) in [6.45, 7) is 0.906. The van der Waals surface area contributed by atoms with E-state index in [1.54, 1.807) is 6.07 Å². The highest BCUT2D eigenvalue weighted by molar-refractivity contribution is 5.31. The minimum absolute atomic E-state index is 0.231. The summed E-state index contributed by atoms with van der Waals surface area (Å²) < 4.78 is 0. The van der Waals surface area contributed by atoms with E-state index in [9.17, 15) is 10.2 Å². The topological polar surface area (TPSA) is 52.5 Å². The summed E-state index contributed by atoms with van der Waals surface area (Å²) in [5.41, 5.74) is 0.932. The summed E-state index contributed by atoms with van der Waals surface area (Å²) in [6.07, 6.45) is 7.30. The molecule has 3 nitrogen and oxygen atoms in total. The van der Waals surface area contributed by atoms with Gasteiger partial charge in [-0.1, -0.05) is 37.5 Å². The summed E-state index contributed by atoms with van der Waals surface area (Å²) in [4.78, 5) is 0. The fraction of sp³-hybridized carbons (Fsp3) is 0.625. The molecule has 0 heterocycles. The third-order valence-corrected chi connectivity index (χ3v) is 4.21. The molecule has 1 fully saturated rings. The third kappa shape index (κ3) is 4.22. The highest BCUT2D eigenvalue weighted by Gasteiger charge is 2.22. The molecule has 0 saturated heterocycles. The van der Waals surface area contributed by atoms with Crippen molar-refractivity contribution in [2.75, 3.05) is 6.61 Å². The number of phenolic OH excluding ortho intramolecular Hbond substituents is 1. The summed E-state index contributed by atoms with van der Waals surface area (Å²) in [6, 6.07) is 7.81. The fourth-order valence-electron chi connectivity index (χ4n) is 3.08. The lowest BCUT2D eigenvalue weighted by molar-refractivity contribution is 0.205. The van der Waals surface area contributed by atoms with Crippen molar-refractivity contribution >= 4 is 0 Å². The van der Waals surface area contributed by atoms with E-state index in [1.165, 1.54) is 32.1 Å². The number of aliphatic hydroxyl groups is 1. The zero-order valence-corrected chi connectivity index (χ0v) is 11.5. The molecule has 1 atom stereocenters. The molecule has 1 aromatic carbocycles. The molecular formula is C16H25NO2. The molecule has 3 N–H and O–H groups in total. The Morgan fingerprint density at radius 2 is 1.89 bits per heavy atom. The monoisotopic (exact) mass is 263 g/mol. The minimum atomic E-state index is 0.231. The van der Waals surface area contributed by atoms with Crippen molar-refractivity contribution in [3.63, 3.8) is 0 Å². The zero-order valence-electron chi connectivity index (χ0n) is 11.5. The molecule has 3 heteroatoms. The first-order chi connectivity index (χ1) is 9.31. The second kappa shape index (κ2) is 7.51. The first kappa shape index (κ1) is 14.4. The molecule has 1 aliphatic carbocycles. The van der Waals surface area contributed by atoms with Crippen LogP contribution < -0.4 is 5.32 Å². The second-order valence-corrected chi connectivity index (χ2v) is 5.53. The van der Waals surface area contributed by atoms with Crippen LogP contribution in [0.15, 0.2) is 24.3 Å². The molecule has 1 unspecified atom stereocenters. The van der Waals surface area contributed by atoms with Gasteiger partial charge in [0.1, 0.15) is 5.75 Å². The highest BCUT2D eigenvalue weighted by atomic mass is 16.3. The lowest BCUT2D eigenvalue weighted by Crippen LogP contribution is -2.37. The minimum Gasteiger partial charge on any atom is -0.508 e. The van der Waals surface area contributed by atoms with Crippen molar-refractivity contribution in [1.29, 1.82) is 0 Å². The van der Waals surface area contributed by atoms with E-state index >= 15 is 0 Å². The van der Waals surface area contributed by atoms with E-state index in [4.69, 9.17) is 0 Å². The lowest BCUT2D eigenvalue weighted by atomic mass is 9.82. The van der Waals surface area contributed by atoms with Crippen molar-refractivity contribution in [1.82, 2.24) is 5.32 Å². The average molecular weight is 263 g/mol. The number of nitrogens with one attached hydrogen (secondary N) is 1. The Balaban J connectivity index is 1.91. The Kier molecular flexibility index (Phi) is 5.67. The van der Waals surface area contributed by atoms with Gasteiger partial charge >= 0.3 is 0 Å². The lowest BCUT2D eigenvalue weighted by Gasteiger charge is -2.31. The maximum atomic E-state index is 9.77. The maximum Gasteiger partial charge on any atom is 0.120 e. The van der Waals surface area contributed by atoms with Crippen LogP contribution in [0.4, 0.5) is 0 Å². The number of hydrogen-bond donors (Lipinski definition) is 3. The van der Waals surface area contributed by atoms with E-state index in [0.717, 1.165) is 12.0 Å². The molecule has 2 rings (SSSR count). The average Bonchev–Trinajstić information content (AvgIpc) is 2.46. The van der Waals surface area contributed by atoms with Crippen LogP contribution in [0.25, 0.3) is 0 Å². The van der Waals surface area contributed by atoms with Gasteiger partial charge in [0.2, 0.25) is 0 Å². The van der Waals surface area contributed by atoms with Crippen LogP contribution in [0.2, 0.25) is 0 Å². The van der Waals surface area contributed by atoms with Gasteiger partial charge in [0.05, 0.1) is 0 Å². The largest absolute Gasteiger partial charge is 0.508 e. The van der Waals surface area contributed by atoms with Gasteiger partial charge in [-0.15, -0.1) is 0 Å². The molecule has 19 heavy (non-hydrogen) atoms. The molecular weight excluding hydrogens is 238 g/mol. The van der Waals surface area contributed by atoms with Gasteiger partial charge < -0.3 is 15.5 Å². The standard InChI is InChI=1S/C16H25NO2/c18-11-10-15(13-6-2-1-3-7-13)17-12-14-8-4-5-9-16(14)19/h4-5,8-9,13,15,17-19H,1-3,6-7,10-12H2. The van der Waals surface area contributed by atoms with Gasteiger partial charge in [-0.25, -0.2) is 0 Å². The molecule has 0 bridgehead atoms.